The number of nitrogens with one attached hydrogen (secondary N) is 1. The number of benzene rings is 1. The fraction of sp³-hybridized carbons (Fsp3) is 0.500. The van der Waals surface area contributed by atoms with E-state index in [1.54, 1.807) is 24.3 Å². The molecule has 1 aliphatic carbocycles. The maximum absolute atomic E-state index is 12.4. The van der Waals surface area contributed by atoms with Crippen LogP contribution in [0.3, 0.4) is 0 Å². The van der Waals surface area contributed by atoms with Crippen LogP contribution < -0.4 is 5.32 Å². The zero-order valence-corrected chi connectivity index (χ0v) is 13.6. The van der Waals surface area contributed by atoms with Crippen LogP contribution in [0.4, 0.5) is 0 Å². The van der Waals surface area contributed by atoms with Crippen LogP contribution >= 0.6 is 0 Å². The van der Waals surface area contributed by atoms with Crippen LogP contribution in [0.2, 0.25) is 0 Å². The minimum Gasteiger partial charge on any atom is -0.352 e. The van der Waals surface area contributed by atoms with Gasteiger partial charge in [0.1, 0.15) is 6.54 Å². The van der Waals surface area contributed by atoms with Gasteiger partial charge in [0.15, 0.2) is 0 Å². The van der Waals surface area contributed by atoms with Gasteiger partial charge in [-0.15, -0.1) is 0 Å². The molecule has 0 unspecified atom stereocenters. The summed E-state index contributed by atoms with van der Waals surface area (Å²) in [5, 5.41) is 2.85. The van der Waals surface area contributed by atoms with Gasteiger partial charge in [-0.05, 0) is 24.5 Å². The number of fused-ring (bicyclic) bond motifs is 1. The van der Waals surface area contributed by atoms with Crippen LogP contribution in [0.25, 0.3) is 0 Å². The molecule has 7 heteroatoms. The van der Waals surface area contributed by atoms with Crippen molar-refractivity contribution in [3.05, 3.63) is 35.4 Å². The van der Waals surface area contributed by atoms with Crippen molar-refractivity contribution < 1.29 is 18.0 Å². The van der Waals surface area contributed by atoms with Gasteiger partial charge in [-0.1, -0.05) is 37.5 Å². The maximum Gasteiger partial charge on any atom is 0.268 e. The lowest BCUT2D eigenvalue weighted by molar-refractivity contribution is -0.122. The molecule has 0 aromatic heterocycles. The molecule has 0 saturated heterocycles. The lowest BCUT2D eigenvalue weighted by Gasteiger charge is -2.29. The highest BCUT2D eigenvalue weighted by Crippen LogP contribution is 2.24. The Hall–Kier alpha value is -1.89. The quantitative estimate of drug-likeness (QED) is 0.905. The van der Waals surface area contributed by atoms with E-state index in [0.29, 0.717) is 15.4 Å². The third-order valence-electron chi connectivity index (χ3n) is 4.41. The van der Waals surface area contributed by atoms with E-state index >= 15 is 0 Å². The average molecular weight is 336 g/mol. The molecule has 0 bridgehead atoms. The Morgan fingerprint density at radius 2 is 1.87 bits per heavy atom. The minimum atomic E-state index is -3.80. The summed E-state index contributed by atoms with van der Waals surface area (Å²) in [6.07, 6.45) is 5.13. The second-order valence-corrected chi connectivity index (χ2v) is 8.02. The molecule has 3 rings (SSSR count). The molecule has 1 aromatic rings. The Kier molecular flexibility index (Phi) is 4.39. The number of amides is 2. The van der Waals surface area contributed by atoms with Crippen molar-refractivity contribution in [2.45, 2.75) is 43.9 Å². The van der Waals surface area contributed by atoms with Crippen LogP contribution in [-0.4, -0.2) is 37.1 Å². The van der Waals surface area contributed by atoms with Crippen LogP contribution in [0, 0.1) is 0 Å². The first kappa shape index (κ1) is 16.0. The number of hydrogen-bond acceptors (Lipinski definition) is 4. The van der Waals surface area contributed by atoms with Crippen molar-refractivity contribution >= 4 is 21.8 Å². The van der Waals surface area contributed by atoms with Gasteiger partial charge in [-0.25, -0.2) is 12.7 Å². The van der Waals surface area contributed by atoms with Crippen molar-refractivity contribution in [2.75, 3.05) is 6.54 Å². The zero-order valence-electron chi connectivity index (χ0n) is 12.8. The van der Waals surface area contributed by atoms with E-state index in [0.717, 1.165) is 25.7 Å². The third-order valence-corrected chi connectivity index (χ3v) is 6.05. The summed E-state index contributed by atoms with van der Waals surface area (Å²) in [4.78, 5) is 24.6. The maximum atomic E-state index is 12.4. The molecule has 1 fully saturated rings. The lowest BCUT2D eigenvalue weighted by atomic mass is 9.95. The molecule has 1 aromatic carbocycles. The zero-order chi connectivity index (χ0) is 16.4. The molecule has 2 aliphatic rings. The van der Waals surface area contributed by atoms with Gasteiger partial charge in [0, 0.05) is 11.6 Å². The van der Waals surface area contributed by atoms with Gasteiger partial charge in [0.05, 0.1) is 5.75 Å². The van der Waals surface area contributed by atoms with Gasteiger partial charge in [0.2, 0.25) is 15.9 Å². The molecule has 1 aliphatic heterocycles. The average Bonchev–Trinajstić information content (AvgIpc) is 2.52. The van der Waals surface area contributed by atoms with Crippen molar-refractivity contribution in [2.24, 2.45) is 0 Å². The molecular formula is C16H20N2O4S. The number of nitrogens with zero attached hydrogens (tertiary/aromatic N) is 1. The molecule has 0 spiro atoms. The van der Waals surface area contributed by atoms with E-state index in [1.807, 2.05) is 0 Å². The molecule has 0 atom stereocenters. The summed E-state index contributed by atoms with van der Waals surface area (Å²) in [7, 11) is -3.80. The first-order valence-electron chi connectivity index (χ1n) is 7.89. The van der Waals surface area contributed by atoms with Gasteiger partial charge >= 0.3 is 0 Å². The van der Waals surface area contributed by atoms with Crippen molar-refractivity contribution in [3.8, 4) is 0 Å². The molecule has 1 N–H and O–H groups in total. The SMILES string of the molecule is O=C(CN1C(=O)c2ccccc2CS1(=O)=O)NC1CCCCC1. The largest absolute Gasteiger partial charge is 0.352 e. The summed E-state index contributed by atoms with van der Waals surface area (Å²) in [5.41, 5.74) is 0.842. The van der Waals surface area contributed by atoms with E-state index in [9.17, 15) is 18.0 Å². The predicted molar refractivity (Wildman–Crippen MR) is 85.1 cm³/mol. The molecule has 23 heavy (non-hydrogen) atoms. The molecule has 124 valence electrons. The highest BCUT2D eigenvalue weighted by molar-refractivity contribution is 7.89. The smallest absolute Gasteiger partial charge is 0.268 e. The second-order valence-electron chi connectivity index (χ2n) is 6.13. The standard InChI is InChI=1S/C16H20N2O4S/c19-15(17-13-7-2-1-3-8-13)10-18-16(20)14-9-5-4-6-12(14)11-23(18,21)22/h4-6,9,13H,1-3,7-8,10-11H2,(H,17,19). The predicted octanol–water partition coefficient (Wildman–Crippen LogP) is 1.42. The lowest BCUT2D eigenvalue weighted by Crippen LogP contribution is -2.49. The first-order valence-corrected chi connectivity index (χ1v) is 9.50. The molecule has 0 radical (unpaired) electrons. The molecule has 1 saturated carbocycles. The first-order chi connectivity index (χ1) is 11.0. The summed E-state index contributed by atoms with van der Waals surface area (Å²) in [6.45, 7) is -0.438. The Bertz CT molecular complexity index is 723. The van der Waals surface area contributed by atoms with E-state index in [-0.39, 0.29) is 11.8 Å². The summed E-state index contributed by atoms with van der Waals surface area (Å²) in [5.74, 6) is -1.27. The van der Waals surface area contributed by atoms with E-state index in [1.165, 1.54) is 6.42 Å². The van der Waals surface area contributed by atoms with E-state index < -0.39 is 28.4 Å². The number of hydrogen-bond donors (Lipinski definition) is 1. The van der Waals surface area contributed by atoms with Crippen LogP contribution in [0.5, 0.6) is 0 Å². The highest BCUT2D eigenvalue weighted by Gasteiger charge is 2.37. The number of sulfonamides is 1. The molecule has 6 nitrogen and oxygen atoms in total. The molecule has 2 amide bonds. The number of rotatable bonds is 3. The summed E-state index contributed by atoms with van der Waals surface area (Å²) < 4.78 is 25.3. The van der Waals surface area contributed by atoms with E-state index in [2.05, 4.69) is 5.32 Å². The van der Waals surface area contributed by atoms with Crippen LogP contribution in [-0.2, 0) is 20.6 Å². The van der Waals surface area contributed by atoms with Gasteiger partial charge in [0.25, 0.3) is 5.91 Å². The normalized spacial score (nSPS) is 20.9. The Balaban J connectivity index is 1.74. The van der Waals surface area contributed by atoms with Crippen LogP contribution in [0.1, 0.15) is 48.0 Å². The highest BCUT2D eigenvalue weighted by atomic mass is 32.2. The Morgan fingerprint density at radius 1 is 1.17 bits per heavy atom. The fourth-order valence-electron chi connectivity index (χ4n) is 3.21. The molecular weight excluding hydrogens is 316 g/mol. The Labute approximate surface area is 135 Å². The fourth-order valence-corrected chi connectivity index (χ4v) is 4.68. The third kappa shape index (κ3) is 3.39. The van der Waals surface area contributed by atoms with Crippen molar-refractivity contribution in [1.29, 1.82) is 0 Å². The van der Waals surface area contributed by atoms with Crippen molar-refractivity contribution in [3.63, 3.8) is 0 Å². The van der Waals surface area contributed by atoms with Gasteiger partial charge in [-0.2, -0.15) is 0 Å². The van der Waals surface area contributed by atoms with Gasteiger partial charge in [-0.3, -0.25) is 9.59 Å². The Morgan fingerprint density at radius 3 is 2.61 bits per heavy atom. The number of carbonyl (C=O) groups excluding carboxylic acids is 2. The molecule has 1 heterocycles. The number of carbonyl (C=O) groups is 2. The monoisotopic (exact) mass is 336 g/mol. The summed E-state index contributed by atoms with van der Waals surface area (Å²) in [6, 6.07) is 6.70. The van der Waals surface area contributed by atoms with Gasteiger partial charge < -0.3 is 5.32 Å². The summed E-state index contributed by atoms with van der Waals surface area (Å²) >= 11 is 0. The van der Waals surface area contributed by atoms with E-state index in [4.69, 9.17) is 0 Å². The van der Waals surface area contributed by atoms with Crippen LogP contribution in [0.15, 0.2) is 24.3 Å². The topological polar surface area (TPSA) is 83.6 Å². The second kappa shape index (κ2) is 6.31. The minimum absolute atomic E-state index is 0.0890. The van der Waals surface area contributed by atoms with Crippen molar-refractivity contribution in [1.82, 2.24) is 9.62 Å².